The molecule has 158 valence electrons. The molecular weight excluding hydrogens is 405 g/mol. The lowest BCUT2D eigenvalue weighted by atomic mass is 10.1. The van der Waals surface area contributed by atoms with Crippen LogP contribution in [0, 0.1) is 0 Å². The molecule has 9 heteroatoms. The minimum Gasteiger partial charge on any atom is -0.493 e. The molecule has 1 fully saturated rings. The third-order valence-electron chi connectivity index (χ3n) is 4.57. The van der Waals surface area contributed by atoms with Gasteiger partial charge in [-0.25, -0.2) is 0 Å². The van der Waals surface area contributed by atoms with Crippen molar-refractivity contribution in [3.05, 3.63) is 42.0 Å². The summed E-state index contributed by atoms with van der Waals surface area (Å²) in [6.45, 7) is 1.41. The van der Waals surface area contributed by atoms with Gasteiger partial charge in [-0.3, -0.25) is 0 Å². The minimum absolute atomic E-state index is 0.157. The first-order chi connectivity index (χ1) is 13.8. The summed E-state index contributed by atoms with van der Waals surface area (Å²) in [5.74, 6) is 1.01. The van der Waals surface area contributed by atoms with E-state index in [1.54, 1.807) is 26.4 Å². The van der Waals surface area contributed by atoms with Crippen molar-refractivity contribution in [2.75, 3.05) is 39.1 Å². The molecule has 0 spiro atoms. The van der Waals surface area contributed by atoms with Gasteiger partial charge >= 0.3 is 6.18 Å². The lowest BCUT2D eigenvalue weighted by molar-refractivity contribution is -0.139. The molecular formula is C20H23F3N2O3S. The van der Waals surface area contributed by atoms with Crippen molar-refractivity contribution in [3.8, 4) is 17.2 Å². The topological polar surface area (TPSA) is 43.0 Å². The Labute approximate surface area is 172 Å². The molecule has 1 saturated heterocycles. The van der Waals surface area contributed by atoms with Crippen LogP contribution in [0.2, 0.25) is 0 Å². The number of hydrogen-bond donors (Lipinski definition) is 1. The zero-order valence-corrected chi connectivity index (χ0v) is 17.2. The first kappa shape index (κ1) is 21.4. The molecule has 5 nitrogen and oxygen atoms in total. The Hall–Kier alpha value is -2.26. The fraction of sp³-hybridized carbons (Fsp3) is 0.400. The second kappa shape index (κ2) is 9.04. The van der Waals surface area contributed by atoms with E-state index in [9.17, 15) is 13.2 Å². The largest absolute Gasteiger partial charge is 0.493 e. The summed E-state index contributed by atoms with van der Waals surface area (Å²) in [5.41, 5.74) is -0.257. The third-order valence-corrected chi connectivity index (χ3v) is 5.40. The van der Waals surface area contributed by atoms with Crippen LogP contribution in [0.5, 0.6) is 17.2 Å². The number of halogens is 3. The minimum atomic E-state index is -4.48. The summed E-state index contributed by atoms with van der Waals surface area (Å²) in [4.78, 5) is 2.86. The summed E-state index contributed by atoms with van der Waals surface area (Å²) in [7, 11) is 5.01. The smallest absolute Gasteiger partial charge is 0.419 e. The molecule has 0 amide bonds. The number of likely N-dealkylation sites (N-methyl/N-ethyl adjacent to an activating group) is 1. The Morgan fingerprint density at radius 1 is 1.03 bits per heavy atom. The Morgan fingerprint density at radius 2 is 1.79 bits per heavy atom. The number of ether oxygens (including phenoxy) is 3. The van der Waals surface area contributed by atoms with Gasteiger partial charge in [-0.05, 0) is 55.7 Å². The van der Waals surface area contributed by atoms with Crippen LogP contribution in [0.1, 0.15) is 12.0 Å². The fourth-order valence-corrected chi connectivity index (χ4v) is 3.75. The maximum Gasteiger partial charge on any atom is 0.419 e. The lowest BCUT2D eigenvalue weighted by Gasteiger charge is -2.19. The van der Waals surface area contributed by atoms with E-state index in [0.717, 1.165) is 17.5 Å². The number of methoxy groups -OCH3 is 2. The van der Waals surface area contributed by atoms with Crippen molar-refractivity contribution in [3.63, 3.8) is 0 Å². The van der Waals surface area contributed by atoms with Crippen LogP contribution >= 0.6 is 11.9 Å². The Bertz CT molecular complexity index is 848. The quantitative estimate of drug-likeness (QED) is 0.631. The molecule has 2 aromatic carbocycles. The van der Waals surface area contributed by atoms with E-state index in [-0.39, 0.29) is 11.9 Å². The van der Waals surface area contributed by atoms with Gasteiger partial charge in [-0.2, -0.15) is 13.2 Å². The fourth-order valence-electron chi connectivity index (χ4n) is 3.09. The number of alkyl halides is 3. The van der Waals surface area contributed by atoms with Gasteiger partial charge in [0.1, 0.15) is 11.9 Å². The molecule has 2 aromatic rings. The van der Waals surface area contributed by atoms with Gasteiger partial charge in [0.05, 0.1) is 19.8 Å². The number of anilines is 1. The molecule has 29 heavy (non-hydrogen) atoms. The van der Waals surface area contributed by atoms with Crippen LogP contribution in [-0.2, 0) is 6.18 Å². The summed E-state index contributed by atoms with van der Waals surface area (Å²) in [6.07, 6.45) is -4.03. The standard InChI is InChI=1S/C20H23F3N2O3S/c1-25-9-8-14(12-25)28-18-10-13(4-6-16(18)20(21,22)23)24-29-15-5-7-17(26-2)19(11-15)27-3/h4-7,10-11,14,24H,8-9,12H2,1-3H3. The van der Waals surface area contributed by atoms with E-state index in [4.69, 9.17) is 14.2 Å². The van der Waals surface area contributed by atoms with Crippen molar-refractivity contribution in [1.29, 1.82) is 0 Å². The SMILES string of the molecule is COc1ccc(SNc2ccc(C(F)(F)F)c(OC3CCN(C)C3)c2)cc1OC. The van der Waals surface area contributed by atoms with Gasteiger partial charge in [0, 0.05) is 29.7 Å². The number of rotatable bonds is 7. The Balaban J connectivity index is 1.76. The highest BCUT2D eigenvalue weighted by Crippen LogP contribution is 2.39. The Morgan fingerprint density at radius 3 is 2.41 bits per heavy atom. The van der Waals surface area contributed by atoms with Crippen LogP contribution in [-0.4, -0.2) is 45.4 Å². The van der Waals surface area contributed by atoms with E-state index < -0.39 is 11.7 Å². The van der Waals surface area contributed by atoms with Crippen LogP contribution < -0.4 is 18.9 Å². The van der Waals surface area contributed by atoms with E-state index in [0.29, 0.717) is 30.2 Å². The van der Waals surface area contributed by atoms with E-state index in [1.165, 1.54) is 24.1 Å². The van der Waals surface area contributed by atoms with Gasteiger partial charge in [0.15, 0.2) is 11.5 Å². The number of nitrogens with one attached hydrogen (secondary N) is 1. The van der Waals surface area contributed by atoms with Crippen molar-refractivity contribution < 1.29 is 27.4 Å². The molecule has 0 radical (unpaired) electrons. The highest BCUT2D eigenvalue weighted by atomic mass is 32.2. The highest BCUT2D eigenvalue weighted by molar-refractivity contribution is 8.00. The zero-order valence-electron chi connectivity index (χ0n) is 16.4. The second-order valence-electron chi connectivity index (χ2n) is 6.72. The van der Waals surface area contributed by atoms with E-state index in [2.05, 4.69) is 4.72 Å². The summed E-state index contributed by atoms with van der Waals surface area (Å²) in [6, 6.07) is 9.21. The molecule has 3 rings (SSSR count). The van der Waals surface area contributed by atoms with Crippen LogP contribution in [0.4, 0.5) is 18.9 Å². The number of benzene rings is 2. The number of nitrogens with zero attached hydrogens (tertiary/aromatic N) is 1. The molecule has 0 aromatic heterocycles. The first-order valence-corrected chi connectivity index (χ1v) is 9.83. The average Bonchev–Trinajstić information content (AvgIpc) is 3.10. The second-order valence-corrected chi connectivity index (χ2v) is 7.60. The third kappa shape index (κ3) is 5.42. The predicted octanol–water partition coefficient (Wildman–Crippen LogP) is 4.92. The molecule has 1 atom stereocenters. The molecule has 1 N–H and O–H groups in total. The molecule has 0 aliphatic carbocycles. The monoisotopic (exact) mass is 428 g/mol. The first-order valence-electron chi connectivity index (χ1n) is 9.01. The van der Waals surface area contributed by atoms with Crippen molar-refractivity contribution in [1.82, 2.24) is 4.90 Å². The average molecular weight is 428 g/mol. The summed E-state index contributed by atoms with van der Waals surface area (Å²) in [5, 5.41) is 0. The highest BCUT2D eigenvalue weighted by Gasteiger charge is 2.35. The lowest BCUT2D eigenvalue weighted by Crippen LogP contribution is -2.22. The van der Waals surface area contributed by atoms with Gasteiger partial charge in [0.25, 0.3) is 0 Å². The van der Waals surface area contributed by atoms with E-state index >= 15 is 0 Å². The molecule has 1 heterocycles. The molecule has 1 unspecified atom stereocenters. The maximum atomic E-state index is 13.4. The van der Waals surface area contributed by atoms with Crippen molar-refractivity contribution in [2.45, 2.75) is 23.6 Å². The molecule has 1 aliphatic heterocycles. The Kier molecular flexibility index (Phi) is 6.69. The molecule has 0 bridgehead atoms. The summed E-state index contributed by atoms with van der Waals surface area (Å²) < 4.78 is 59.4. The maximum absolute atomic E-state index is 13.4. The van der Waals surface area contributed by atoms with Crippen molar-refractivity contribution >= 4 is 17.6 Å². The van der Waals surface area contributed by atoms with Gasteiger partial charge in [0.2, 0.25) is 0 Å². The van der Waals surface area contributed by atoms with Crippen molar-refractivity contribution in [2.24, 2.45) is 0 Å². The van der Waals surface area contributed by atoms with Crippen LogP contribution in [0.25, 0.3) is 0 Å². The van der Waals surface area contributed by atoms with Crippen LogP contribution in [0.15, 0.2) is 41.3 Å². The summed E-state index contributed by atoms with van der Waals surface area (Å²) >= 11 is 1.26. The van der Waals surface area contributed by atoms with Gasteiger partial charge in [-0.1, -0.05) is 0 Å². The normalized spacial score (nSPS) is 17.2. The number of hydrogen-bond acceptors (Lipinski definition) is 6. The predicted molar refractivity (Wildman–Crippen MR) is 107 cm³/mol. The van der Waals surface area contributed by atoms with Gasteiger partial charge in [-0.15, -0.1) is 0 Å². The zero-order chi connectivity index (χ0) is 21.0. The van der Waals surface area contributed by atoms with Crippen LogP contribution in [0.3, 0.4) is 0 Å². The molecule has 0 saturated carbocycles. The number of likely N-dealkylation sites (tertiary alicyclic amines) is 1. The van der Waals surface area contributed by atoms with E-state index in [1.807, 2.05) is 18.0 Å². The molecule has 1 aliphatic rings. The van der Waals surface area contributed by atoms with Gasteiger partial charge < -0.3 is 23.8 Å².